The molecule has 1 aliphatic carbocycles. The quantitative estimate of drug-likeness (QED) is 0.670. The summed E-state index contributed by atoms with van der Waals surface area (Å²) in [4.78, 5) is 10.5. The molecule has 1 rings (SSSR count). The Labute approximate surface area is 83.7 Å². The van der Waals surface area contributed by atoms with Gasteiger partial charge in [0.25, 0.3) is 0 Å². The summed E-state index contributed by atoms with van der Waals surface area (Å²) >= 11 is 0. The van der Waals surface area contributed by atoms with Gasteiger partial charge in [-0.3, -0.25) is 0 Å². The number of primary amides is 1. The maximum absolute atomic E-state index is 10.5. The van der Waals surface area contributed by atoms with Crippen LogP contribution in [0.15, 0.2) is 12.2 Å². The van der Waals surface area contributed by atoms with E-state index in [1.54, 1.807) is 6.08 Å². The average Bonchev–Trinajstić information content (AvgIpc) is 2.16. The number of rotatable bonds is 3. The summed E-state index contributed by atoms with van der Waals surface area (Å²) in [5.74, 6) is 0.509. The lowest BCUT2D eigenvalue weighted by Gasteiger charge is -2.25. The minimum atomic E-state index is -0.681. The highest BCUT2D eigenvalue weighted by molar-refractivity contribution is 5.64. The van der Waals surface area contributed by atoms with E-state index in [1.807, 2.05) is 6.08 Å². The molecular formula is C10H17NO3. The zero-order valence-electron chi connectivity index (χ0n) is 8.19. The van der Waals surface area contributed by atoms with Gasteiger partial charge < -0.3 is 15.6 Å². The molecule has 3 N–H and O–H groups in total. The third-order valence-corrected chi connectivity index (χ3v) is 2.52. The third kappa shape index (κ3) is 3.79. The monoisotopic (exact) mass is 199 g/mol. The van der Waals surface area contributed by atoms with Crippen molar-refractivity contribution in [3.63, 3.8) is 0 Å². The molecule has 0 aromatic rings. The lowest BCUT2D eigenvalue weighted by molar-refractivity contribution is 0.0760. The average molecular weight is 199 g/mol. The molecule has 1 fully saturated rings. The predicted octanol–water partition coefficient (Wildman–Crippen LogP) is 1.19. The molecule has 0 aromatic heterocycles. The Morgan fingerprint density at radius 3 is 2.57 bits per heavy atom. The highest BCUT2D eigenvalue weighted by Crippen LogP contribution is 2.26. The first-order valence-corrected chi connectivity index (χ1v) is 4.96. The van der Waals surface area contributed by atoms with E-state index in [-0.39, 0.29) is 12.7 Å². The van der Waals surface area contributed by atoms with E-state index in [9.17, 15) is 4.79 Å². The van der Waals surface area contributed by atoms with Gasteiger partial charge in [0.05, 0.1) is 6.61 Å². The molecule has 80 valence electrons. The minimum absolute atomic E-state index is 0.00808. The Bertz CT molecular complexity index is 207. The van der Waals surface area contributed by atoms with Gasteiger partial charge in [0.15, 0.2) is 0 Å². The number of aliphatic hydroxyl groups excluding tert-OH is 1. The molecule has 1 amide bonds. The van der Waals surface area contributed by atoms with Crippen LogP contribution in [0.1, 0.15) is 25.7 Å². The van der Waals surface area contributed by atoms with E-state index in [2.05, 4.69) is 0 Å². The lowest BCUT2D eigenvalue weighted by Crippen LogP contribution is -2.26. The van der Waals surface area contributed by atoms with E-state index < -0.39 is 6.09 Å². The molecule has 0 radical (unpaired) electrons. The lowest BCUT2D eigenvalue weighted by atomic mass is 9.87. The number of hydrogen-bond donors (Lipinski definition) is 2. The first-order valence-electron chi connectivity index (χ1n) is 4.96. The van der Waals surface area contributed by atoms with Crippen molar-refractivity contribution in [2.75, 3.05) is 6.61 Å². The summed E-state index contributed by atoms with van der Waals surface area (Å²) < 4.78 is 4.91. The summed E-state index contributed by atoms with van der Waals surface area (Å²) in [6.07, 6.45) is 6.82. The molecule has 0 bridgehead atoms. The summed E-state index contributed by atoms with van der Waals surface area (Å²) in [5.41, 5.74) is 4.93. The Hall–Kier alpha value is -1.03. The molecule has 4 nitrogen and oxygen atoms in total. The number of amides is 1. The number of carbonyl (C=O) groups excluding carboxylic acids is 1. The predicted molar refractivity (Wildman–Crippen MR) is 52.6 cm³/mol. The number of allylic oxidation sites excluding steroid dienone is 1. The number of nitrogens with two attached hydrogens (primary N) is 1. The SMILES string of the molecule is NC(=O)OC1CCC(/C=C/CO)CC1. The Morgan fingerprint density at radius 1 is 1.43 bits per heavy atom. The number of aliphatic hydroxyl groups is 1. The molecule has 14 heavy (non-hydrogen) atoms. The van der Waals surface area contributed by atoms with Crippen molar-refractivity contribution in [3.8, 4) is 0 Å². The minimum Gasteiger partial charge on any atom is -0.446 e. The molecule has 0 aromatic carbocycles. The zero-order valence-corrected chi connectivity index (χ0v) is 8.19. The first kappa shape index (κ1) is 11.0. The van der Waals surface area contributed by atoms with Crippen LogP contribution < -0.4 is 5.73 Å². The Balaban J connectivity index is 2.24. The van der Waals surface area contributed by atoms with Crippen molar-refractivity contribution >= 4 is 6.09 Å². The van der Waals surface area contributed by atoms with Crippen molar-refractivity contribution in [1.82, 2.24) is 0 Å². The van der Waals surface area contributed by atoms with Gasteiger partial charge in [-0.1, -0.05) is 12.2 Å². The van der Waals surface area contributed by atoms with Gasteiger partial charge in [-0.15, -0.1) is 0 Å². The summed E-state index contributed by atoms with van der Waals surface area (Å²) in [5, 5.41) is 8.60. The second-order valence-electron chi connectivity index (χ2n) is 3.58. The molecule has 0 atom stereocenters. The molecule has 0 unspecified atom stereocenters. The smallest absolute Gasteiger partial charge is 0.404 e. The van der Waals surface area contributed by atoms with E-state index in [4.69, 9.17) is 15.6 Å². The molecular weight excluding hydrogens is 182 g/mol. The fourth-order valence-electron chi connectivity index (χ4n) is 1.82. The van der Waals surface area contributed by atoms with Crippen molar-refractivity contribution in [2.24, 2.45) is 11.7 Å². The zero-order chi connectivity index (χ0) is 10.4. The highest BCUT2D eigenvalue weighted by Gasteiger charge is 2.21. The van der Waals surface area contributed by atoms with Gasteiger partial charge in [0.2, 0.25) is 0 Å². The summed E-state index contributed by atoms with van der Waals surface area (Å²) in [6, 6.07) is 0. The van der Waals surface area contributed by atoms with E-state index in [0.717, 1.165) is 25.7 Å². The second kappa shape index (κ2) is 5.65. The van der Waals surface area contributed by atoms with Gasteiger partial charge in [0.1, 0.15) is 6.10 Å². The molecule has 0 aliphatic heterocycles. The number of ether oxygens (including phenoxy) is 1. The van der Waals surface area contributed by atoms with E-state index in [1.165, 1.54) is 0 Å². The van der Waals surface area contributed by atoms with Crippen LogP contribution in [-0.4, -0.2) is 23.9 Å². The first-order chi connectivity index (χ1) is 6.72. The van der Waals surface area contributed by atoms with E-state index in [0.29, 0.717) is 5.92 Å². The van der Waals surface area contributed by atoms with Gasteiger partial charge in [0, 0.05) is 0 Å². The van der Waals surface area contributed by atoms with Crippen LogP contribution in [0, 0.1) is 5.92 Å². The normalized spacial score (nSPS) is 27.8. The largest absolute Gasteiger partial charge is 0.446 e. The highest BCUT2D eigenvalue weighted by atomic mass is 16.6. The maximum Gasteiger partial charge on any atom is 0.404 e. The fraction of sp³-hybridized carbons (Fsp3) is 0.700. The molecule has 1 saturated carbocycles. The summed E-state index contributed by atoms with van der Waals surface area (Å²) in [6.45, 7) is 0.0950. The van der Waals surface area contributed by atoms with Crippen LogP contribution in [0.4, 0.5) is 4.79 Å². The van der Waals surface area contributed by atoms with Gasteiger partial charge in [-0.05, 0) is 31.6 Å². The molecule has 0 spiro atoms. The number of hydrogen-bond acceptors (Lipinski definition) is 3. The maximum atomic E-state index is 10.5. The Morgan fingerprint density at radius 2 is 2.07 bits per heavy atom. The summed E-state index contributed by atoms with van der Waals surface area (Å²) in [7, 11) is 0. The number of carbonyl (C=O) groups is 1. The second-order valence-corrected chi connectivity index (χ2v) is 3.58. The van der Waals surface area contributed by atoms with Crippen LogP contribution in [-0.2, 0) is 4.74 Å². The fourth-order valence-corrected chi connectivity index (χ4v) is 1.82. The van der Waals surface area contributed by atoms with Crippen LogP contribution >= 0.6 is 0 Å². The van der Waals surface area contributed by atoms with Crippen LogP contribution in [0.3, 0.4) is 0 Å². The standard InChI is InChI=1S/C10H17NO3/c11-10(13)14-9-5-3-8(4-6-9)2-1-7-12/h1-2,8-9,12H,3-7H2,(H2,11,13)/b2-1+. The molecule has 0 saturated heterocycles. The topological polar surface area (TPSA) is 72.6 Å². The van der Waals surface area contributed by atoms with Crippen molar-refractivity contribution in [1.29, 1.82) is 0 Å². The van der Waals surface area contributed by atoms with Crippen molar-refractivity contribution < 1.29 is 14.6 Å². The van der Waals surface area contributed by atoms with E-state index >= 15 is 0 Å². The van der Waals surface area contributed by atoms with Crippen molar-refractivity contribution in [2.45, 2.75) is 31.8 Å². The van der Waals surface area contributed by atoms with Crippen LogP contribution in [0.5, 0.6) is 0 Å². The Kier molecular flexibility index (Phi) is 4.46. The van der Waals surface area contributed by atoms with Crippen LogP contribution in [0.25, 0.3) is 0 Å². The van der Waals surface area contributed by atoms with Gasteiger partial charge in [-0.2, -0.15) is 0 Å². The van der Waals surface area contributed by atoms with Crippen LogP contribution in [0.2, 0.25) is 0 Å². The third-order valence-electron chi connectivity index (χ3n) is 2.52. The molecule has 0 heterocycles. The molecule has 1 aliphatic rings. The van der Waals surface area contributed by atoms with Crippen molar-refractivity contribution in [3.05, 3.63) is 12.2 Å². The van der Waals surface area contributed by atoms with Gasteiger partial charge >= 0.3 is 6.09 Å². The molecule has 4 heteroatoms. The van der Waals surface area contributed by atoms with Gasteiger partial charge in [-0.25, -0.2) is 4.79 Å².